The third-order valence-electron chi connectivity index (χ3n) is 5.31. The lowest BCUT2D eigenvalue weighted by atomic mass is 9.95. The zero-order valence-electron chi connectivity index (χ0n) is 19.2. The molecule has 1 atom stereocenters. The zero-order valence-corrected chi connectivity index (χ0v) is 19.2. The van der Waals surface area contributed by atoms with E-state index in [0.717, 1.165) is 32.1 Å². The van der Waals surface area contributed by atoms with Crippen molar-refractivity contribution in [1.29, 1.82) is 0 Å². The molecular weight excluding hydrogens is 398 g/mol. The van der Waals surface area contributed by atoms with Crippen molar-refractivity contribution in [2.45, 2.75) is 115 Å². The van der Waals surface area contributed by atoms with E-state index in [9.17, 15) is 19.5 Å². The van der Waals surface area contributed by atoms with Gasteiger partial charge in [-0.3, -0.25) is 9.59 Å². The number of carbonyl (C=O) groups excluding carboxylic acids is 1. The number of hydrogen-bond acceptors (Lipinski definition) is 4. The lowest BCUT2D eigenvalue weighted by Crippen LogP contribution is -2.45. The molecule has 7 heteroatoms. The van der Waals surface area contributed by atoms with Gasteiger partial charge >= 0.3 is 11.9 Å². The van der Waals surface area contributed by atoms with Gasteiger partial charge in [-0.25, -0.2) is 4.79 Å². The van der Waals surface area contributed by atoms with Crippen LogP contribution in [-0.4, -0.2) is 45.3 Å². The van der Waals surface area contributed by atoms with E-state index in [1.807, 2.05) is 0 Å². The first-order chi connectivity index (χ1) is 14.8. The van der Waals surface area contributed by atoms with Gasteiger partial charge in [-0.05, 0) is 32.1 Å². The van der Waals surface area contributed by atoms with Crippen molar-refractivity contribution in [2.75, 3.05) is 6.54 Å². The fraction of sp³-hybridized carbons (Fsp3) is 0.792. The highest BCUT2D eigenvalue weighted by molar-refractivity contribution is 5.90. The van der Waals surface area contributed by atoms with E-state index >= 15 is 0 Å². The average Bonchev–Trinajstić information content (AvgIpc) is 2.69. The minimum Gasteiger partial charge on any atom is -0.481 e. The number of unbranched alkanes of at least 4 members (excludes halogenated alkanes) is 12. The van der Waals surface area contributed by atoms with Crippen LogP contribution in [0.4, 0.5) is 0 Å². The lowest BCUT2D eigenvalue weighted by molar-refractivity contribution is -0.167. The quantitative estimate of drug-likeness (QED) is 0.149. The number of nitrogens with one attached hydrogen (secondary N) is 1. The van der Waals surface area contributed by atoms with Crippen LogP contribution in [0.25, 0.3) is 0 Å². The van der Waals surface area contributed by atoms with Crippen LogP contribution in [-0.2, 0) is 14.4 Å². The van der Waals surface area contributed by atoms with Gasteiger partial charge in [-0.1, -0.05) is 76.9 Å². The number of carbonyl (C=O) groups is 3. The summed E-state index contributed by atoms with van der Waals surface area (Å²) in [5.41, 5.74) is -2.57. The fourth-order valence-corrected chi connectivity index (χ4v) is 3.39. The second-order valence-corrected chi connectivity index (χ2v) is 8.37. The molecule has 31 heavy (non-hydrogen) atoms. The number of carboxylic acids is 2. The Kier molecular flexibility index (Phi) is 17.7. The summed E-state index contributed by atoms with van der Waals surface area (Å²) in [6, 6.07) is 0. The van der Waals surface area contributed by atoms with Crippen molar-refractivity contribution in [3.63, 3.8) is 0 Å². The van der Waals surface area contributed by atoms with Crippen LogP contribution in [0.3, 0.4) is 0 Å². The van der Waals surface area contributed by atoms with Gasteiger partial charge in [-0.2, -0.15) is 0 Å². The van der Waals surface area contributed by atoms with E-state index in [2.05, 4.69) is 24.4 Å². The highest BCUT2D eigenvalue weighted by Gasteiger charge is 2.40. The third-order valence-corrected chi connectivity index (χ3v) is 5.31. The molecule has 1 amide bonds. The molecule has 0 spiro atoms. The maximum absolute atomic E-state index is 11.8. The number of aliphatic hydroxyl groups is 1. The molecule has 0 saturated carbocycles. The van der Waals surface area contributed by atoms with Gasteiger partial charge in [0.05, 0.1) is 12.8 Å². The van der Waals surface area contributed by atoms with E-state index in [-0.39, 0.29) is 0 Å². The van der Waals surface area contributed by atoms with Crippen molar-refractivity contribution in [1.82, 2.24) is 5.32 Å². The summed E-state index contributed by atoms with van der Waals surface area (Å²) in [6.45, 7) is 2.63. The van der Waals surface area contributed by atoms with Gasteiger partial charge in [0.1, 0.15) is 0 Å². The van der Waals surface area contributed by atoms with Crippen LogP contribution in [0.1, 0.15) is 110 Å². The molecule has 0 aromatic carbocycles. The SMILES string of the molecule is CCCCCCCCC=CCCCCCCCCNC(=O)CC(O)(CC(=O)O)C(=O)O. The third kappa shape index (κ3) is 17.5. The molecule has 0 radical (unpaired) electrons. The Morgan fingerprint density at radius 2 is 1.23 bits per heavy atom. The van der Waals surface area contributed by atoms with Gasteiger partial charge in [-0.15, -0.1) is 0 Å². The first-order valence-corrected chi connectivity index (χ1v) is 11.9. The summed E-state index contributed by atoms with van der Waals surface area (Å²) in [7, 11) is 0. The van der Waals surface area contributed by atoms with Crippen LogP contribution < -0.4 is 5.32 Å². The van der Waals surface area contributed by atoms with Crippen molar-refractivity contribution in [3.8, 4) is 0 Å². The number of allylic oxidation sites excluding steroid dienone is 2. The Morgan fingerprint density at radius 3 is 1.71 bits per heavy atom. The van der Waals surface area contributed by atoms with E-state index in [4.69, 9.17) is 10.2 Å². The normalized spacial score (nSPS) is 13.2. The Hall–Kier alpha value is -1.89. The number of carboxylic acid groups (broad SMARTS) is 2. The highest BCUT2D eigenvalue weighted by Crippen LogP contribution is 2.16. The molecule has 0 bridgehead atoms. The van der Waals surface area contributed by atoms with Crippen LogP contribution in [0, 0.1) is 0 Å². The molecule has 7 nitrogen and oxygen atoms in total. The zero-order chi connectivity index (χ0) is 23.4. The van der Waals surface area contributed by atoms with E-state index in [0.29, 0.717) is 6.54 Å². The fourth-order valence-electron chi connectivity index (χ4n) is 3.39. The van der Waals surface area contributed by atoms with Gasteiger partial charge in [0, 0.05) is 6.54 Å². The highest BCUT2D eigenvalue weighted by atomic mass is 16.4. The van der Waals surface area contributed by atoms with Crippen molar-refractivity contribution < 1.29 is 29.7 Å². The molecule has 0 aliphatic carbocycles. The van der Waals surface area contributed by atoms with E-state index < -0.39 is 36.3 Å². The number of amides is 1. The predicted molar refractivity (Wildman–Crippen MR) is 122 cm³/mol. The minimum atomic E-state index is -2.57. The van der Waals surface area contributed by atoms with Crippen LogP contribution >= 0.6 is 0 Å². The van der Waals surface area contributed by atoms with Crippen LogP contribution in [0.2, 0.25) is 0 Å². The first kappa shape index (κ1) is 29.1. The monoisotopic (exact) mass is 441 g/mol. The average molecular weight is 442 g/mol. The maximum atomic E-state index is 11.8. The summed E-state index contributed by atoms with van der Waals surface area (Å²) >= 11 is 0. The Morgan fingerprint density at radius 1 is 0.742 bits per heavy atom. The first-order valence-electron chi connectivity index (χ1n) is 11.9. The molecular formula is C24H43NO6. The molecule has 0 aromatic heterocycles. The molecule has 0 fully saturated rings. The smallest absolute Gasteiger partial charge is 0.336 e. The van der Waals surface area contributed by atoms with Gasteiger partial charge in [0.25, 0.3) is 0 Å². The molecule has 0 rings (SSSR count). The largest absolute Gasteiger partial charge is 0.481 e. The molecule has 0 aromatic rings. The van der Waals surface area contributed by atoms with Crippen LogP contribution in [0.5, 0.6) is 0 Å². The molecule has 1 unspecified atom stereocenters. The molecule has 0 heterocycles. The Bertz CT molecular complexity index is 534. The molecule has 0 aliphatic heterocycles. The summed E-state index contributed by atoms with van der Waals surface area (Å²) in [5, 5.41) is 30.0. The summed E-state index contributed by atoms with van der Waals surface area (Å²) < 4.78 is 0. The van der Waals surface area contributed by atoms with Gasteiger partial charge in [0.15, 0.2) is 5.60 Å². The number of aliphatic carboxylic acids is 2. The lowest BCUT2D eigenvalue weighted by Gasteiger charge is -2.20. The Balaban J connectivity index is 3.57. The summed E-state index contributed by atoms with van der Waals surface area (Å²) in [5.74, 6) is -3.83. The van der Waals surface area contributed by atoms with Gasteiger partial charge in [0.2, 0.25) is 5.91 Å². The summed E-state index contributed by atoms with van der Waals surface area (Å²) in [4.78, 5) is 33.5. The molecule has 0 saturated heterocycles. The van der Waals surface area contributed by atoms with E-state index in [1.165, 1.54) is 57.8 Å². The van der Waals surface area contributed by atoms with Gasteiger partial charge < -0.3 is 20.6 Å². The van der Waals surface area contributed by atoms with Crippen molar-refractivity contribution in [3.05, 3.63) is 12.2 Å². The second kappa shape index (κ2) is 18.8. The minimum absolute atomic E-state index is 0.392. The van der Waals surface area contributed by atoms with Crippen LogP contribution in [0.15, 0.2) is 12.2 Å². The maximum Gasteiger partial charge on any atom is 0.336 e. The van der Waals surface area contributed by atoms with Crippen molar-refractivity contribution >= 4 is 17.8 Å². The predicted octanol–water partition coefficient (Wildman–Crippen LogP) is 4.82. The molecule has 180 valence electrons. The summed E-state index contributed by atoms with van der Waals surface area (Å²) in [6.07, 6.45) is 19.5. The Labute approximate surface area is 187 Å². The number of hydrogen-bond donors (Lipinski definition) is 4. The molecule has 0 aliphatic rings. The second-order valence-electron chi connectivity index (χ2n) is 8.37. The van der Waals surface area contributed by atoms with Crippen molar-refractivity contribution in [2.24, 2.45) is 0 Å². The standard InChI is InChI=1S/C24H43NO6/c1-2-3-4-5-6-7-8-9-10-11-12-13-14-15-16-17-18-25-21(26)19-24(31,23(29)30)20-22(27)28/h9-10,31H,2-8,11-20H2,1H3,(H,25,26)(H,27,28)(H,29,30). The van der Waals surface area contributed by atoms with E-state index in [1.54, 1.807) is 0 Å². The topological polar surface area (TPSA) is 124 Å². The molecule has 4 N–H and O–H groups in total. The number of rotatable bonds is 21.